The highest BCUT2D eigenvalue weighted by molar-refractivity contribution is 7.92. The summed E-state index contributed by atoms with van der Waals surface area (Å²) in [6.07, 6.45) is 1.24. The van der Waals surface area contributed by atoms with Gasteiger partial charge in [0, 0.05) is 13.1 Å². The van der Waals surface area contributed by atoms with Gasteiger partial charge in [-0.25, -0.2) is 8.42 Å². The molecule has 0 aliphatic heterocycles. The molecular weight excluding hydrogens is 557 g/mol. The molecule has 3 aromatic rings. The summed E-state index contributed by atoms with van der Waals surface area (Å²) >= 11 is 12.3. The van der Waals surface area contributed by atoms with Gasteiger partial charge in [0.25, 0.3) is 10.0 Å². The van der Waals surface area contributed by atoms with Gasteiger partial charge in [0.2, 0.25) is 11.8 Å². The molecule has 0 radical (unpaired) electrons. The lowest BCUT2D eigenvalue weighted by atomic mass is 10.1. The van der Waals surface area contributed by atoms with Gasteiger partial charge in [0.05, 0.1) is 20.6 Å². The quantitative estimate of drug-likeness (QED) is 0.303. The Bertz CT molecular complexity index is 1380. The monoisotopic (exact) mass is 589 g/mol. The zero-order chi connectivity index (χ0) is 28.6. The minimum atomic E-state index is -4.17. The zero-order valence-corrected chi connectivity index (χ0v) is 24.6. The molecule has 0 spiro atoms. The summed E-state index contributed by atoms with van der Waals surface area (Å²) < 4.78 is 28.7. The van der Waals surface area contributed by atoms with E-state index in [1.165, 1.54) is 35.2 Å². The van der Waals surface area contributed by atoms with Crippen molar-refractivity contribution < 1.29 is 18.0 Å². The number of hydrogen-bond donors (Lipinski definition) is 1. The number of nitrogens with zero attached hydrogens (tertiary/aromatic N) is 2. The SMILES string of the molecule is CCCNC(=O)[C@H](C)N(CCc1ccccc1)C(=O)CN(c1ccc(Cl)c(Cl)c1)S(=O)(=O)c1ccc(C)cc1. The molecule has 0 unspecified atom stereocenters. The molecule has 208 valence electrons. The Morgan fingerprint density at radius 2 is 1.62 bits per heavy atom. The number of halogens is 2. The summed E-state index contributed by atoms with van der Waals surface area (Å²) in [5.41, 5.74) is 2.07. The number of rotatable bonds is 12. The second-order valence-electron chi connectivity index (χ2n) is 9.21. The van der Waals surface area contributed by atoms with Crippen LogP contribution in [0.4, 0.5) is 5.69 Å². The fourth-order valence-electron chi connectivity index (χ4n) is 3.97. The number of sulfonamides is 1. The summed E-state index contributed by atoms with van der Waals surface area (Å²) in [5.74, 6) is -0.826. The van der Waals surface area contributed by atoms with Gasteiger partial charge in [-0.3, -0.25) is 13.9 Å². The molecule has 7 nitrogen and oxygen atoms in total. The lowest BCUT2D eigenvalue weighted by Gasteiger charge is -2.32. The Morgan fingerprint density at radius 1 is 0.949 bits per heavy atom. The number of aryl methyl sites for hydroxylation is 1. The molecule has 0 saturated carbocycles. The van der Waals surface area contributed by atoms with E-state index in [0.717, 1.165) is 21.9 Å². The molecule has 0 fully saturated rings. The van der Waals surface area contributed by atoms with Gasteiger partial charge >= 0.3 is 0 Å². The largest absolute Gasteiger partial charge is 0.354 e. The molecule has 0 aromatic heterocycles. The number of hydrogen-bond acceptors (Lipinski definition) is 4. The fourth-order valence-corrected chi connectivity index (χ4v) is 5.67. The van der Waals surface area contributed by atoms with Crippen LogP contribution in [0.3, 0.4) is 0 Å². The van der Waals surface area contributed by atoms with Crippen molar-refractivity contribution in [2.75, 3.05) is 23.9 Å². The maximum Gasteiger partial charge on any atom is 0.264 e. The summed E-state index contributed by atoms with van der Waals surface area (Å²) in [6, 6.07) is 19.5. The summed E-state index contributed by atoms with van der Waals surface area (Å²) in [4.78, 5) is 28.2. The highest BCUT2D eigenvalue weighted by atomic mass is 35.5. The number of anilines is 1. The van der Waals surface area contributed by atoms with Crippen molar-refractivity contribution in [1.29, 1.82) is 0 Å². The first-order valence-electron chi connectivity index (χ1n) is 12.7. The van der Waals surface area contributed by atoms with Crippen molar-refractivity contribution in [2.45, 2.75) is 44.6 Å². The smallest absolute Gasteiger partial charge is 0.264 e. The van der Waals surface area contributed by atoms with Crippen LogP contribution in [0, 0.1) is 6.92 Å². The molecule has 0 saturated heterocycles. The molecule has 0 aliphatic rings. The Kier molecular flexibility index (Phi) is 10.8. The second kappa shape index (κ2) is 13.8. The third kappa shape index (κ3) is 7.97. The standard InChI is InChI=1S/C29H33Cl2N3O4S/c1-4-17-32-29(36)22(3)33(18-16-23-8-6-5-7-9-23)28(35)20-34(24-12-15-26(30)27(31)19-24)39(37,38)25-13-10-21(2)11-14-25/h5-15,19,22H,4,16-18,20H2,1-3H3,(H,32,36)/t22-/m0/s1. The van der Waals surface area contributed by atoms with Crippen LogP contribution in [0.2, 0.25) is 10.0 Å². The van der Waals surface area contributed by atoms with Crippen LogP contribution in [-0.4, -0.2) is 50.8 Å². The molecule has 39 heavy (non-hydrogen) atoms. The number of nitrogens with one attached hydrogen (secondary N) is 1. The summed E-state index contributed by atoms with van der Waals surface area (Å²) in [7, 11) is -4.17. The predicted octanol–water partition coefficient (Wildman–Crippen LogP) is 5.48. The first kappa shape index (κ1) is 30.5. The van der Waals surface area contributed by atoms with Crippen molar-refractivity contribution in [2.24, 2.45) is 0 Å². The van der Waals surface area contributed by atoms with Gasteiger partial charge in [-0.15, -0.1) is 0 Å². The van der Waals surface area contributed by atoms with Gasteiger partial charge in [-0.1, -0.05) is 78.2 Å². The molecule has 3 rings (SSSR count). The molecular formula is C29H33Cl2N3O4S. The van der Waals surface area contributed by atoms with E-state index in [2.05, 4.69) is 5.32 Å². The molecule has 1 atom stereocenters. The van der Waals surface area contributed by atoms with E-state index >= 15 is 0 Å². The zero-order valence-electron chi connectivity index (χ0n) is 22.2. The minimum absolute atomic E-state index is 0.0246. The van der Waals surface area contributed by atoms with Crippen molar-refractivity contribution in [3.63, 3.8) is 0 Å². The number of benzene rings is 3. The van der Waals surface area contributed by atoms with Crippen molar-refractivity contribution in [3.8, 4) is 0 Å². The van der Waals surface area contributed by atoms with Gasteiger partial charge in [0.1, 0.15) is 12.6 Å². The van der Waals surface area contributed by atoms with E-state index in [9.17, 15) is 18.0 Å². The van der Waals surface area contributed by atoms with Crippen molar-refractivity contribution >= 4 is 50.7 Å². The average Bonchev–Trinajstić information content (AvgIpc) is 2.92. The Balaban J connectivity index is 1.99. The maximum atomic E-state index is 13.8. The van der Waals surface area contributed by atoms with Gasteiger partial charge < -0.3 is 10.2 Å². The van der Waals surface area contributed by atoms with Crippen molar-refractivity contribution in [1.82, 2.24) is 10.2 Å². The number of carbonyl (C=O) groups is 2. The fraction of sp³-hybridized carbons (Fsp3) is 0.310. The lowest BCUT2D eigenvalue weighted by molar-refractivity contribution is -0.138. The van der Waals surface area contributed by atoms with Gasteiger partial charge in [-0.2, -0.15) is 0 Å². The van der Waals surface area contributed by atoms with Crippen molar-refractivity contribution in [3.05, 3.63) is 94.0 Å². The van der Waals surface area contributed by atoms with Crippen LogP contribution in [0.15, 0.2) is 77.7 Å². The van der Waals surface area contributed by atoms with Crippen LogP contribution in [0.25, 0.3) is 0 Å². The van der Waals surface area contributed by atoms with Gasteiger partial charge in [-0.05, 0) is 62.6 Å². The topological polar surface area (TPSA) is 86.8 Å². The number of carbonyl (C=O) groups excluding carboxylic acids is 2. The summed E-state index contributed by atoms with van der Waals surface area (Å²) in [6.45, 7) is 5.60. The van der Waals surface area contributed by atoms with E-state index in [-0.39, 0.29) is 33.1 Å². The van der Waals surface area contributed by atoms with Crippen LogP contribution >= 0.6 is 23.2 Å². The Hall–Kier alpha value is -3.07. The molecule has 0 aliphatic carbocycles. The molecule has 3 aromatic carbocycles. The van der Waals surface area contributed by atoms with E-state index in [0.29, 0.717) is 13.0 Å². The highest BCUT2D eigenvalue weighted by Crippen LogP contribution is 2.31. The van der Waals surface area contributed by atoms with E-state index < -0.39 is 28.5 Å². The molecule has 1 N–H and O–H groups in total. The van der Waals surface area contributed by atoms with Crippen LogP contribution in [0.1, 0.15) is 31.4 Å². The molecule has 0 bridgehead atoms. The van der Waals surface area contributed by atoms with E-state index in [4.69, 9.17) is 23.2 Å². The highest BCUT2D eigenvalue weighted by Gasteiger charge is 2.32. The molecule has 0 heterocycles. The third-order valence-electron chi connectivity index (χ3n) is 6.28. The lowest BCUT2D eigenvalue weighted by Crippen LogP contribution is -2.52. The first-order valence-corrected chi connectivity index (χ1v) is 14.9. The van der Waals surface area contributed by atoms with Gasteiger partial charge in [0.15, 0.2) is 0 Å². The molecule has 2 amide bonds. The predicted molar refractivity (Wildman–Crippen MR) is 157 cm³/mol. The third-order valence-corrected chi connectivity index (χ3v) is 8.81. The Morgan fingerprint density at radius 3 is 2.23 bits per heavy atom. The first-order chi connectivity index (χ1) is 18.5. The average molecular weight is 591 g/mol. The van der Waals surface area contributed by atoms with Crippen LogP contribution < -0.4 is 9.62 Å². The van der Waals surface area contributed by atoms with E-state index in [1.807, 2.05) is 44.2 Å². The van der Waals surface area contributed by atoms with E-state index in [1.54, 1.807) is 19.1 Å². The van der Waals surface area contributed by atoms with Crippen LogP contribution in [0.5, 0.6) is 0 Å². The van der Waals surface area contributed by atoms with Crippen LogP contribution in [-0.2, 0) is 26.0 Å². The minimum Gasteiger partial charge on any atom is -0.354 e. The summed E-state index contributed by atoms with van der Waals surface area (Å²) in [5, 5.41) is 3.24. The normalized spacial score (nSPS) is 12.0. The number of amides is 2. The molecule has 10 heteroatoms. The second-order valence-corrected chi connectivity index (χ2v) is 11.9. The Labute approximate surface area is 240 Å². The maximum absolute atomic E-state index is 13.8.